The van der Waals surface area contributed by atoms with Crippen LogP contribution in [0.25, 0.3) is 0 Å². The maximum atomic E-state index is 12.7. The molecule has 27 heavy (non-hydrogen) atoms. The lowest BCUT2D eigenvalue weighted by molar-refractivity contribution is -0.116. The highest BCUT2D eigenvalue weighted by atomic mass is 16.5. The van der Waals surface area contributed by atoms with E-state index in [9.17, 15) is 4.79 Å². The van der Waals surface area contributed by atoms with E-state index in [1.807, 2.05) is 43.3 Å². The van der Waals surface area contributed by atoms with Gasteiger partial charge in [-0.2, -0.15) is 0 Å². The monoisotopic (exact) mass is 368 g/mol. The highest BCUT2D eigenvalue weighted by molar-refractivity contribution is 5.97. The third-order valence-electron chi connectivity index (χ3n) is 4.89. The summed E-state index contributed by atoms with van der Waals surface area (Å²) < 4.78 is 11.4. The molecule has 0 spiro atoms. The standard InChI is InChI=1S/C22H28N2O3/c1-4-15(2)18-8-5-6-9-19(18)24-22(25)16(3)23-17-10-11-20-21(14-17)27-13-7-12-26-20/h5-6,8-11,14-16,23H,4,7,12-13H2,1-3H3,(H,24,25)/t15-,16+/m1/s1. The lowest BCUT2D eigenvalue weighted by Crippen LogP contribution is -2.32. The summed E-state index contributed by atoms with van der Waals surface area (Å²) in [5.74, 6) is 1.79. The molecule has 0 fully saturated rings. The van der Waals surface area contributed by atoms with Crippen molar-refractivity contribution in [2.45, 2.75) is 45.6 Å². The summed E-state index contributed by atoms with van der Waals surface area (Å²) >= 11 is 0. The van der Waals surface area contributed by atoms with Crippen molar-refractivity contribution in [2.24, 2.45) is 0 Å². The third kappa shape index (κ3) is 4.73. The zero-order chi connectivity index (χ0) is 19.2. The van der Waals surface area contributed by atoms with E-state index >= 15 is 0 Å². The molecule has 2 aromatic rings. The molecule has 1 heterocycles. The van der Waals surface area contributed by atoms with Gasteiger partial charge in [-0.25, -0.2) is 0 Å². The van der Waals surface area contributed by atoms with Gasteiger partial charge in [-0.1, -0.05) is 32.0 Å². The summed E-state index contributed by atoms with van der Waals surface area (Å²) in [4.78, 5) is 12.7. The van der Waals surface area contributed by atoms with Crippen LogP contribution in [0, 0.1) is 0 Å². The summed E-state index contributed by atoms with van der Waals surface area (Å²) in [6.45, 7) is 7.47. The molecule has 0 saturated carbocycles. The van der Waals surface area contributed by atoms with E-state index in [4.69, 9.17) is 9.47 Å². The first-order valence-electron chi connectivity index (χ1n) is 9.64. The number of nitrogens with one attached hydrogen (secondary N) is 2. The number of rotatable bonds is 6. The number of hydrogen-bond donors (Lipinski definition) is 2. The fourth-order valence-corrected chi connectivity index (χ4v) is 3.07. The molecule has 0 unspecified atom stereocenters. The van der Waals surface area contributed by atoms with Gasteiger partial charge >= 0.3 is 0 Å². The van der Waals surface area contributed by atoms with Crippen LogP contribution in [-0.4, -0.2) is 25.2 Å². The summed E-state index contributed by atoms with van der Waals surface area (Å²) in [5, 5.41) is 6.31. The second kappa shape index (κ2) is 8.80. The lowest BCUT2D eigenvalue weighted by Gasteiger charge is -2.19. The highest BCUT2D eigenvalue weighted by Gasteiger charge is 2.17. The van der Waals surface area contributed by atoms with Gasteiger partial charge in [0.05, 0.1) is 13.2 Å². The number of para-hydroxylation sites is 1. The number of hydrogen-bond acceptors (Lipinski definition) is 4. The van der Waals surface area contributed by atoms with Crippen molar-refractivity contribution in [3.8, 4) is 11.5 Å². The number of anilines is 2. The predicted octanol–water partition coefficient (Wildman–Crippen LogP) is 4.80. The topological polar surface area (TPSA) is 59.6 Å². The van der Waals surface area contributed by atoms with Gasteiger partial charge in [-0.15, -0.1) is 0 Å². The van der Waals surface area contributed by atoms with Gasteiger partial charge in [0, 0.05) is 23.9 Å². The van der Waals surface area contributed by atoms with Crippen LogP contribution < -0.4 is 20.1 Å². The molecule has 0 radical (unpaired) electrons. The molecule has 0 aliphatic carbocycles. The van der Waals surface area contributed by atoms with Crippen molar-refractivity contribution in [3.05, 3.63) is 48.0 Å². The molecule has 0 saturated heterocycles. The molecule has 1 aliphatic rings. The summed E-state index contributed by atoms with van der Waals surface area (Å²) in [6.07, 6.45) is 1.89. The minimum atomic E-state index is -0.389. The van der Waals surface area contributed by atoms with Crippen LogP contribution in [0.15, 0.2) is 42.5 Å². The summed E-state index contributed by atoms with van der Waals surface area (Å²) in [7, 11) is 0. The molecule has 1 aliphatic heterocycles. The number of benzene rings is 2. The normalized spacial score (nSPS) is 15.4. The molecule has 0 aromatic heterocycles. The molecular weight excluding hydrogens is 340 g/mol. The number of ether oxygens (including phenoxy) is 2. The second-order valence-electron chi connectivity index (χ2n) is 6.96. The van der Waals surface area contributed by atoms with Crippen molar-refractivity contribution in [1.29, 1.82) is 0 Å². The summed E-state index contributed by atoms with van der Waals surface area (Å²) in [5.41, 5.74) is 2.87. The molecule has 5 nitrogen and oxygen atoms in total. The first-order valence-corrected chi connectivity index (χ1v) is 9.64. The van der Waals surface area contributed by atoms with Gasteiger partial charge in [-0.05, 0) is 43.0 Å². The predicted molar refractivity (Wildman–Crippen MR) is 109 cm³/mol. The number of carbonyl (C=O) groups excluding carboxylic acids is 1. The average Bonchev–Trinajstić information content (AvgIpc) is 2.92. The van der Waals surface area contributed by atoms with Crippen LogP contribution in [0.3, 0.4) is 0 Å². The maximum absolute atomic E-state index is 12.7. The third-order valence-corrected chi connectivity index (χ3v) is 4.89. The molecule has 5 heteroatoms. The van der Waals surface area contributed by atoms with E-state index in [1.54, 1.807) is 0 Å². The average molecular weight is 368 g/mol. The van der Waals surface area contributed by atoms with Gasteiger partial charge in [0.1, 0.15) is 6.04 Å². The van der Waals surface area contributed by atoms with Crippen molar-refractivity contribution in [2.75, 3.05) is 23.8 Å². The number of amides is 1. The zero-order valence-corrected chi connectivity index (χ0v) is 16.2. The Morgan fingerprint density at radius 2 is 1.81 bits per heavy atom. The van der Waals surface area contributed by atoms with Crippen molar-refractivity contribution < 1.29 is 14.3 Å². The van der Waals surface area contributed by atoms with Crippen LogP contribution in [0.5, 0.6) is 11.5 Å². The Balaban J connectivity index is 1.67. The van der Waals surface area contributed by atoms with E-state index in [-0.39, 0.29) is 11.9 Å². The van der Waals surface area contributed by atoms with Crippen molar-refractivity contribution in [3.63, 3.8) is 0 Å². The molecular formula is C22H28N2O3. The van der Waals surface area contributed by atoms with Crippen molar-refractivity contribution >= 4 is 17.3 Å². The molecule has 2 aromatic carbocycles. The van der Waals surface area contributed by atoms with Crippen LogP contribution in [0.4, 0.5) is 11.4 Å². The summed E-state index contributed by atoms with van der Waals surface area (Å²) in [6, 6.07) is 13.3. The van der Waals surface area contributed by atoms with E-state index in [2.05, 4.69) is 30.5 Å². The Bertz CT molecular complexity index is 791. The van der Waals surface area contributed by atoms with Crippen LogP contribution >= 0.6 is 0 Å². The van der Waals surface area contributed by atoms with E-state index < -0.39 is 0 Å². The largest absolute Gasteiger partial charge is 0.490 e. The van der Waals surface area contributed by atoms with Gasteiger partial charge in [0.2, 0.25) is 5.91 Å². The fraction of sp³-hybridized carbons (Fsp3) is 0.409. The Morgan fingerprint density at radius 3 is 2.59 bits per heavy atom. The fourth-order valence-electron chi connectivity index (χ4n) is 3.07. The Kier molecular flexibility index (Phi) is 6.22. The molecule has 2 atom stereocenters. The highest BCUT2D eigenvalue weighted by Crippen LogP contribution is 2.32. The van der Waals surface area contributed by atoms with E-state index in [1.165, 1.54) is 0 Å². The zero-order valence-electron chi connectivity index (χ0n) is 16.2. The first kappa shape index (κ1) is 19.1. The van der Waals surface area contributed by atoms with Crippen LogP contribution in [0.1, 0.15) is 45.1 Å². The van der Waals surface area contributed by atoms with Gasteiger partial charge < -0.3 is 20.1 Å². The molecule has 2 N–H and O–H groups in total. The Morgan fingerprint density at radius 1 is 1.07 bits per heavy atom. The Labute approximate surface area is 161 Å². The first-order chi connectivity index (χ1) is 13.1. The van der Waals surface area contributed by atoms with E-state index in [0.717, 1.165) is 35.5 Å². The molecule has 3 rings (SSSR count). The molecule has 1 amide bonds. The van der Waals surface area contributed by atoms with Crippen LogP contribution in [-0.2, 0) is 4.79 Å². The minimum Gasteiger partial charge on any atom is -0.490 e. The minimum absolute atomic E-state index is 0.0714. The second-order valence-corrected chi connectivity index (χ2v) is 6.96. The van der Waals surface area contributed by atoms with E-state index in [0.29, 0.717) is 24.9 Å². The molecule has 0 bridgehead atoms. The lowest BCUT2D eigenvalue weighted by atomic mass is 9.97. The Hall–Kier alpha value is -2.69. The van der Waals surface area contributed by atoms with Gasteiger partial charge in [0.25, 0.3) is 0 Å². The SMILES string of the molecule is CC[C@@H](C)c1ccccc1NC(=O)[C@H](C)Nc1ccc2c(c1)OCCCO2. The van der Waals surface area contributed by atoms with Gasteiger partial charge in [-0.3, -0.25) is 4.79 Å². The van der Waals surface area contributed by atoms with Crippen LogP contribution in [0.2, 0.25) is 0 Å². The maximum Gasteiger partial charge on any atom is 0.246 e. The van der Waals surface area contributed by atoms with Crippen molar-refractivity contribution in [1.82, 2.24) is 0 Å². The quantitative estimate of drug-likeness (QED) is 0.769. The van der Waals surface area contributed by atoms with Gasteiger partial charge in [0.15, 0.2) is 11.5 Å². The number of fused-ring (bicyclic) bond motifs is 1. The molecule has 144 valence electrons. The smallest absolute Gasteiger partial charge is 0.246 e. The number of carbonyl (C=O) groups is 1.